The molecule has 0 radical (unpaired) electrons. The molecule has 1 saturated heterocycles. The average Bonchev–Trinajstić information content (AvgIpc) is 2.29. The summed E-state index contributed by atoms with van der Waals surface area (Å²) in [5.74, 6) is -0.520. The lowest BCUT2D eigenvalue weighted by molar-refractivity contribution is -0.253. The molecule has 0 spiro atoms. The zero-order valence-corrected chi connectivity index (χ0v) is 9.35. The minimum Gasteiger partial charge on any atom is -0.394 e. The van der Waals surface area contributed by atoms with Crippen molar-refractivity contribution >= 4 is 5.91 Å². The van der Waals surface area contributed by atoms with Gasteiger partial charge in [0.25, 0.3) is 0 Å². The van der Waals surface area contributed by atoms with Crippen LogP contribution in [0, 0.1) is 0 Å². The first-order valence-corrected chi connectivity index (χ1v) is 5.25. The van der Waals surface area contributed by atoms with E-state index >= 15 is 0 Å². The van der Waals surface area contributed by atoms with Crippen LogP contribution in [0.1, 0.15) is 6.92 Å². The zero-order valence-electron chi connectivity index (χ0n) is 9.35. The van der Waals surface area contributed by atoms with Crippen molar-refractivity contribution in [2.24, 2.45) is 0 Å². The van der Waals surface area contributed by atoms with Crippen LogP contribution < -0.4 is 5.32 Å². The van der Waals surface area contributed by atoms with Crippen LogP contribution in [0.5, 0.6) is 0 Å². The lowest BCUT2D eigenvalue weighted by Crippen LogP contribution is -2.64. The number of carbonyl (C=O) groups is 1. The Kier molecular flexibility index (Phi) is 5.03. The molecule has 1 aliphatic rings. The number of rotatable bonds is 3. The van der Waals surface area contributed by atoms with E-state index in [4.69, 9.17) is 9.84 Å². The third-order valence-corrected chi connectivity index (χ3v) is 2.53. The van der Waals surface area contributed by atoms with E-state index in [0.717, 1.165) is 0 Å². The molecule has 7 nitrogen and oxygen atoms in total. The SMILES string of the molecule is C/C=C/C(=O)N[C@@H]1[C@@H](O)[C@H](O)[C@@H](CO)O[C@H]1O. The molecule has 0 bridgehead atoms. The summed E-state index contributed by atoms with van der Waals surface area (Å²) in [7, 11) is 0. The Morgan fingerprint density at radius 2 is 2.00 bits per heavy atom. The summed E-state index contributed by atoms with van der Waals surface area (Å²) >= 11 is 0. The molecule has 0 aromatic rings. The molecule has 1 heterocycles. The van der Waals surface area contributed by atoms with E-state index in [2.05, 4.69) is 5.32 Å². The van der Waals surface area contributed by atoms with Crippen molar-refractivity contribution in [3.8, 4) is 0 Å². The molecule has 98 valence electrons. The highest BCUT2D eigenvalue weighted by Gasteiger charge is 2.43. The Labute approximate surface area is 98.3 Å². The van der Waals surface area contributed by atoms with Crippen molar-refractivity contribution in [1.82, 2.24) is 5.32 Å². The van der Waals surface area contributed by atoms with Gasteiger partial charge in [-0.3, -0.25) is 4.79 Å². The van der Waals surface area contributed by atoms with Gasteiger partial charge in [-0.1, -0.05) is 6.08 Å². The van der Waals surface area contributed by atoms with E-state index in [9.17, 15) is 20.1 Å². The van der Waals surface area contributed by atoms with Crippen LogP contribution in [-0.4, -0.2) is 63.6 Å². The maximum absolute atomic E-state index is 11.3. The maximum Gasteiger partial charge on any atom is 0.244 e. The van der Waals surface area contributed by atoms with Gasteiger partial charge in [0.05, 0.1) is 6.61 Å². The topological polar surface area (TPSA) is 119 Å². The van der Waals surface area contributed by atoms with Crippen LogP contribution in [0.15, 0.2) is 12.2 Å². The van der Waals surface area contributed by atoms with Gasteiger partial charge in [0.15, 0.2) is 6.29 Å². The molecule has 1 fully saturated rings. The maximum atomic E-state index is 11.3. The number of nitrogens with one attached hydrogen (secondary N) is 1. The second-order valence-electron chi connectivity index (χ2n) is 3.76. The van der Waals surface area contributed by atoms with Crippen molar-refractivity contribution in [3.63, 3.8) is 0 Å². The van der Waals surface area contributed by atoms with Crippen molar-refractivity contribution in [2.75, 3.05) is 6.61 Å². The van der Waals surface area contributed by atoms with E-state index in [0.29, 0.717) is 0 Å². The largest absolute Gasteiger partial charge is 0.394 e. The smallest absolute Gasteiger partial charge is 0.244 e. The second kappa shape index (κ2) is 6.08. The predicted molar refractivity (Wildman–Crippen MR) is 56.7 cm³/mol. The highest BCUT2D eigenvalue weighted by Crippen LogP contribution is 2.19. The van der Waals surface area contributed by atoms with Gasteiger partial charge in [-0.15, -0.1) is 0 Å². The summed E-state index contributed by atoms with van der Waals surface area (Å²) < 4.78 is 4.87. The normalized spacial score (nSPS) is 38.3. The van der Waals surface area contributed by atoms with Crippen LogP contribution in [0.4, 0.5) is 0 Å². The molecule has 1 aliphatic heterocycles. The molecule has 1 amide bonds. The molecule has 0 aromatic carbocycles. The van der Waals surface area contributed by atoms with Gasteiger partial charge in [-0.05, 0) is 13.0 Å². The Balaban J connectivity index is 2.69. The first-order chi connectivity index (χ1) is 8.01. The summed E-state index contributed by atoms with van der Waals surface area (Å²) in [4.78, 5) is 11.3. The fourth-order valence-corrected chi connectivity index (χ4v) is 1.62. The highest BCUT2D eigenvalue weighted by molar-refractivity contribution is 5.87. The number of aliphatic hydroxyl groups is 4. The van der Waals surface area contributed by atoms with Crippen molar-refractivity contribution in [2.45, 2.75) is 37.6 Å². The Hall–Kier alpha value is -0.990. The fraction of sp³-hybridized carbons (Fsp3) is 0.700. The summed E-state index contributed by atoms with van der Waals surface area (Å²) in [5, 5.41) is 39.9. The summed E-state index contributed by atoms with van der Waals surface area (Å²) in [6.45, 7) is 1.10. The standard InChI is InChI=1S/C10H17NO6/c1-2-3-6(13)11-7-9(15)8(14)5(4-12)17-10(7)16/h2-3,5,7-10,12,14-16H,4H2,1H3,(H,11,13)/b3-2+/t5-,7-,8-,9-,10-/m1/s1. The molecule has 7 heteroatoms. The number of hydrogen-bond acceptors (Lipinski definition) is 6. The molecular formula is C10H17NO6. The Morgan fingerprint density at radius 1 is 1.35 bits per heavy atom. The molecule has 0 aliphatic carbocycles. The van der Waals surface area contributed by atoms with Crippen LogP contribution >= 0.6 is 0 Å². The van der Waals surface area contributed by atoms with Crippen LogP contribution in [0.25, 0.3) is 0 Å². The van der Waals surface area contributed by atoms with Gasteiger partial charge in [0, 0.05) is 0 Å². The molecule has 0 saturated carbocycles. The third-order valence-electron chi connectivity index (χ3n) is 2.53. The van der Waals surface area contributed by atoms with Gasteiger partial charge < -0.3 is 30.5 Å². The van der Waals surface area contributed by atoms with Crippen molar-refractivity contribution in [3.05, 3.63) is 12.2 Å². The second-order valence-corrected chi connectivity index (χ2v) is 3.76. The van der Waals surface area contributed by atoms with Crippen molar-refractivity contribution in [1.29, 1.82) is 0 Å². The molecule has 0 aromatic heterocycles. The molecule has 1 rings (SSSR count). The molecule has 0 unspecified atom stereocenters. The van der Waals surface area contributed by atoms with Crippen LogP contribution in [0.2, 0.25) is 0 Å². The van der Waals surface area contributed by atoms with Gasteiger partial charge in [-0.2, -0.15) is 0 Å². The van der Waals surface area contributed by atoms with Crippen molar-refractivity contribution < 1.29 is 30.0 Å². The number of ether oxygens (including phenoxy) is 1. The van der Waals surface area contributed by atoms with Gasteiger partial charge in [-0.25, -0.2) is 0 Å². The molecule has 5 atom stereocenters. The average molecular weight is 247 g/mol. The summed E-state index contributed by atoms with van der Waals surface area (Å²) in [6.07, 6.45) is -2.65. The minimum atomic E-state index is -1.49. The minimum absolute atomic E-state index is 0.520. The number of aliphatic hydroxyl groups excluding tert-OH is 4. The zero-order chi connectivity index (χ0) is 13.0. The molecular weight excluding hydrogens is 230 g/mol. The van der Waals surface area contributed by atoms with Crippen LogP contribution in [-0.2, 0) is 9.53 Å². The fourth-order valence-electron chi connectivity index (χ4n) is 1.62. The Bertz CT molecular complexity index is 295. The first-order valence-electron chi connectivity index (χ1n) is 5.25. The number of hydrogen-bond donors (Lipinski definition) is 5. The monoisotopic (exact) mass is 247 g/mol. The number of amides is 1. The lowest BCUT2D eigenvalue weighted by atomic mass is 9.97. The molecule has 5 N–H and O–H groups in total. The van der Waals surface area contributed by atoms with E-state index in [1.54, 1.807) is 6.92 Å². The van der Waals surface area contributed by atoms with E-state index in [1.165, 1.54) is 12.2 Å². The van der Waals surface area contributed by atoms with Gasteiger partial charge in [0.2, 0.25) is 5.91 Å². The Morgan fingerprint density at radius 3 is 2.53 bits per heavy atom. The van der Waals surface area contributed by atoms with E-state index in [-0.39, 0.29) is 0 Å². The number of allylic oxidation sites excluding steroid dienone is 1. The van der Waals surface area contributed by atoms with Crippen LogP contribution in [0.3, 0.4) is 0 Å². The number of carbonyl (C=O) groups excluding carboxylic acids is 1. The lowest BCUT2D eigenvalue weighted by Gasteiger charge is -2.40. The predicted octanol–water partition coefficient (Wildman–Crippen LogP) is -2.52. The van der Waals surface area contributed by atoms with Gasteiger partial charge in [0.1, 0.15) is 24.4 Å². The van der Waals surface area contributed by atoms with Gasteiger partial charge >= 0.3 is 0 Å². The molecule has 17 heavy (non-hydrogen) atoms. The first kappa shape index (κ1) is 14.1. The quantitative estimate of drug-likeness (QED) is 0.351. The third kappa shape index (κ3) is 3.24. The van der Waals surface area contributed by atoms with E-state index in [1.807, 2.05) is 0 Å². The highest BCUT2D eigenvalue weighted by atomic mass is 16.6. The summed E-state index contributed by atoms with van der Waals surface area (Å²) in [6, 6.07) is -1.14. The van der Waals surface area contributed by atoms with E-state index < -0.39 is 43.2 Å². The summed E-state index contributed by atoms with van der Waals surface area (Å²) in [5.41, 5.74) is 0.